The van der Waals surface area contributed by atoms with Gasteiger partial charge < -0.3 is 9.05 Å². The maximum Gasteiger partial charge on any atom is 0.338 e. The van der Waals surface area contributed by atoms with Gasteiger partial charge in [-0.15, -0.1) is 0 Å². The quantitative estimate of drug-likeness (QED) is 0.285. The third-order valence-corrected chi connectivity index (χ3v) is 4.82. The summed E-state index contributed by atoms with van der Waals surface area (Å²) in [4.78, 5) is 22.3. The van der Waals surface area contributed by atoms with E-state index >= 15 is 0 Å². The fraction of sp³-hybridized carbons (Fsp3) is 0.438. The summed E-state index contributed by atoms with van der Waals surface area (Å²) in [7, 11) is -3.54. The predicted molar refractivity (Wildman–Crippen MR) is 92.1 cm³/mol. The van der Waals surface area contributed by atoms with E-state index < -0.39 is 18.3 Å². The molecule has 0 saturated heterocycles. The van der Waals surface area contributed by atoms with E-state index in [1.54, 1.807) is 33.8 Å². The lowest BCUT2D eigenvalue weighted by molar-refractivity contribution is -0.384. The van der Waals surface area contributed by atoms with Crippen LogP contribution in [-0.2, 0) is 18.4 Å². The summed E-state index contributed by atoms with van der Waals surface area (Å²) in [5, 5.41) is 10.7. The molecule has 0 saturated carbocycles. The van der Waals surface area contributed by atoms with Crippen LogP contribution >= 0.6 is 7.60 Å². The van der Waals surface area contributed by atoms with Crippen molar-refractivity contribution in [1.82, 2.24) is 0 Å². The van der Waals surface area contributed by atoms with Crippen molar-refractivity contribution in [1.29, 1.82) is 0 Å². The molecule has 0 spiro atoms. The van der Waals surface area contributed by atoms with E-state index in [4.69, 9.17) is 9.05 Å². The summed E-state index contributed by atoms with van der Waals surface area (Å²) in [6.45, 7) is 6.83. The molecule has 0 aliphatic carbocycles. The van der Waals surface area contributed by atoms with Gasteiger partial charge in [0.2, 0.25) is 0 Å². The van der Waals surface area contributed by atoms with Crippen molar-refractivity contribution in [2.45, 2.75) is 39.9 Å². The van der Waals surface area contributed by atoms with Gasteiger partial charge in [0.1, 0.15) is 6.16 Å². The summed E-state index contributed by atoms with van der Waals surface area (Å²) in [6.07, 6.45) is 1.59. The van der Waals surface area contributed by atoms with E-state index in [0.29, 0.717) is 5.56 Å². The zero-order valence-corrected chi connectivity index (χ0v) is 15.1. The molecule has 0 radical (unpaired) electrons. The molecule has 0 fully saturated rings. The average Bonchev–Trinajstić information content (AvgIpc) is 2.43. The minimum absolute atomic E-state index is 0.0680. The van der Waals surface area contributed by atoms with Crippen LogP contribution in [0.2, 0.25) is 0 Å². The van der Waals surface area contributed by atoms with Crippen LogP contribution in [0.1, 0.15) is 33.3 Å². The van der Waals surface area contributed by atoms with Crippen LogP contribution in [0.4, 0.5) is 5.69 Å². The molecular formula is C16H22NO6P. The Labute approximate surface area is 141 Å². The van der Waals surface area contributed by atoms with Gasteiger partial charge in [0, 0.05) is 12.1 Å². The Balaban J connectivity index is 2.83. The number of ketones is 1. The first-order valence-electron chi connectivity index (χ1n) is 7.52. The molecule has 0 heterocycles. The smallest absolute Gasteiger partial charge is 0.305 e. The Morgan fingerprint density at radius 1 is 1.25 bits per heavy atom. The van der Waals surface area contributed by atoms with E-state index in [1.807, 2.05) is 0 Å². The molecule has 0 atom stereocenters. The lowest BCUT2D eigenvalue weighted by Gasteiger charge is -2.21. The molecule has 24 heavy (non-hydrogen) atoms. The highest BCUT2D eigenvalue weighted by Gasteiger charge is 2.30. The van der Waals surface area contributed by atoms with E-state index in [0.717, 1.165) is 0 Å². The molecule has 1 aromatic carbocycles. The molecule has 0 aromatic heterocycles. The molecule has 1 rings (SSSR count). The molecule has 0 N–H and O–H groups in total. The van der Waals surface area contributed by atoms with Crippen molar-refractivity contribution in [2.24, 2.45) is 0 Å². The van der Waals surface area contributed by atoms with Crippen LogP contribution in [0.15, 0.2) is 30.3 Å². The van der Waals surface area contributed by atoms with E-state index in [2.05, 4.69) is 0 Å². The number of nitrogens with zero attached hydrogens (tertiary/aromatic N) is 1. The SMILES string of the molecule is CC(C)OP(=O)(CC(=O)C=Cc1cccc([N+](=O)[O-])c1)OC(C)C. The molecule has 132 valence electrons. The average molecular weight is 355 g/mol. The van der Waals surface area contributed by atoms with E-state index in [9.17, 15) is 19.5 Å². The molecule has 0 aliphatic rings. The van der Waals surface area contributed by atoms with Crippen LogP contribution in [0.5, 0.6) is 0 Å². The monoisotopic (exact) mass is 355 g/mol. The van der Waals surface area contributed by atoms with Gasteiger partial charge in [0.25, 0.3) is 5.69 Å². The van der Waals surface area contributed by atoms with Gasteiger partial charge in [-0.3, -0.25) is 19.5 Å². The Kier molecular flexibility index (Phi) is 7.48. The van der Waals surface area contributed by atoms with Gasteiger partial charge in [0.15, 0.2) is 5.78 Å². The van der Waals surface area contributed by atoms with Crippen LogP contribution in [0.25, 0.3) is 6.08 Å². The normalized spacial score (nSPS) is 12.2. The van der Waals surface area contributed by atoms with Crippen LogP contribution < -0.4 is 0 Å². The second-order valence-corrected chi connectivity index (χ2v) is 7.69. The summed E-state index contributed by atoms with van der Waals surface area (Å²) in [5.74, 6) is -0.439. The highest BCUT2D eigenvalue weighted by atomic mass is 31.2. The molecule has 8 heteroatoms. The first-order valence-corrected chi connectivity index (χ1v) is 9.25. The van der Waals surface area contributed by atoms with Gasteiger partial charge >= 0.3 is 7.60 Å². The lowest BCUT2D eigenvalue weighted by atomic mass is 10.2. The number of nitro benzene ring substituents is 1. The van der Waals surface area contributed by atoms with Crippen molar-refractivity contribution in [3.05, 3.63) is 46.0 Å². The van der Waals surface area contributed by atoms with Crippen molar-refractivity contribution in [3.63, 3.8) is 0 Å². The molecule has 0 unspecified atom stereocenters. The maximum absolute atomic E-state index is 12.6. The Morgan fingerprint density at radius 3 is 2.33 bits per heavy atom. The number of carbonyl (C=O) groups is 1. The summed E-state index contributed by atoms with van der Waals surface area (Å²) in [5.41, 5.74) is 0.434. The predicted octanol–water partition coefficient (Wildman–Crippen LogP) is 4.22. The molecule has 0 aliphatic heterocycles. The number of allylic oxidation sites excluding steroid dienone is 1. The number of benzene rings is 1. The summed E-state index contributed by atoms with van der Waals surface area (Å²) in [6, 6.07) is 5.86. The number of nitro groups is 1. The topological polar surface area (TPSA) is 95.7 Å². The van der Waals surface area contributed by atoms with Gasteiger partial charge in [-0.2, -0.15) is 0 Å². The van der Waals surface area contributed by atoms with E-state index in [1.165, 1.54) is 30.4 Å². The number of rotatable bonds is 9. The van der Waals surface area contributed by atoms with Gasteiger partial charge in [-0.05, 0) is 39.3 Å². The number of hydrogen-bond acceptors (Lipinski definition) is 6. The van der Waals surface area contributed by atoms with Crippen molar-refractivity contribution in [3.8, 4) is 0 Å². The number of non-ortho nitro benzene ring substituents is 1. The highest BCUT2D eigenvalue weighted by Crippen LogP contribution is 2.50. The van der Waals surface area contributed by atoms with Gasteiger partial charge in [-0.1, -0.05) is 18.2 Å². The van der Waals surface area contributed by atoms with Crippen LogP contribution in [0.3, 0.4) is 0 Å². The highest BCUT2D eigenvalue weighted by molar-refractivity contribution is 7.55. The first kappa shape index (κ1) is 20.2. The second-order valence-electron chi connectivity index (χ2n) is 5.73. The van der Waals surface area contributed by atoms with E-state index in [-0.39, 0.29) is 24.1 Å². The standard InChI is InChI=1S/C16H22NO6P/c1-12(2)22-24(21,23-13(3)4)11-16(18)9-8-14-6-5-7-15(10-14)17(19)20/h5-10,12-13H,11H2,1-4H3. The summed E-state index contributed by atoms with van der Waals surface area (Å²) >= 11 is 0. The van der Waals surface area contributed by atoms with Crippen molar-refractivity contribution >= 4 is 25.1 Å². The molecule has 0 amide bonds. The lowest BCUT2D eigenvalue weighted by Crippen LogP contribution is -2.14. The third-order valence-electron chi connectivity index (χ3n) is 2.64. The fourth-order valence-electron chi connectivity index (χ4n) is 1.92. The fourth-order valence-corrected chi connectivity index (χ4v) is 3.89. The Morgan fingerprint density at radius 2 is 1.83 bits per heavy atom. The zero-order chi connectivity index (χ0) is 18.3. The van der Waals surface area contributed by atoms with Crippen LogP contribution in [-0.4, -0.2) is 29.1 Å². The largest absolute Gasteiger partial charge is 0.338 e. The number of hydrogen-bond donors (Lipinski definition) is 0. The first-order chi connectivity index (χ1) is 11.1. The second kappa shape index (κ2) is 8.87. The Hall–Kier alpha value is -1.82. The van der Waals surface area contributed by atoms with Gasteiger partial charge in [0.05, 0.1) is 17.1 Å². The zero-order valence-electron chi connectivity index (χ0n) is 14.2. The van der Waals surface area contributed by atoms with Crippen LogP contribution in [0, 0.1) is 10.1 Å². The molecule has 1 aromatic rings. The summed E-state index contributed by atoms with van der Waals surface area (Å²) < 4.78 is 23.2. The minimum Gasteiger partial charge on any atom is -0.305 e. The molecule has 0 bridgehead atoms. The van der Waals surface area contributed by atoms with Crippen molar-refractivity contribution in [2.75, 3.05) is 6.16 Å². The Bertz CT molecular complexity index is 654. The molecule has 7 nitrogen and oxygen atoms in total. The maximum atomic E-state index is 12.6. The number of carbonyl (C=O) groups excluding carboxylic acids is 1. The van der Waals surface area contributed by atoms with Crippen molar-refractivity contribution < 1.29 is 23.3 Å². The molecular weight excluding hydrogens is 333 g/mol. The minimum atomic E-state index is -3.54. The van der Waals surface area contributed by atoms with Gasteiger partial charge in [-0.25, -0.2) is 0 Å². The third kappa shape index (κ3) is 7.17.